The van der Waals surface area contributed by atoms with Gasteiger partial charge in [0.2, 0.25) is 9.84 Å². The molecule has 33 heavy (non-hydrogen) atoms. The molecule has 0 aliphatic rings. The SMILES string of the molecule is Cc1cccc(C)c1-n1c(-c2ccccc2)nc(C(F)(F)F)c1S(=O)(=O)c1ccc(Cl)cc1. The van der Waals surface area contributed by atoms with Crippen LogP contribution in [0.15, 0.2) is 82.7 Å². The Kier molecular flexibility index (Phi) is 5.84. The predicted octanol–water partition coefficient (Wildman–Crippen LogP) is 6.66. The lowest BCUT2D eigenvalue weighted by Crippen LogP contribution is -2.17. The molecule has 0 amide bonds. The lowest BCUT2D eigenvalue weighted by molar-refractivity contribution is -0.143. The fourth-order valence-corrected chi connectivity index (χ4v) is 5.39. The number of benzene rings is 3. The van der Waals surface area contributed by atoms with E-state index in [4.69, 9.17) is 11.6 Å². The Morgan fingerprint density at radius 3 is 1.97 bits per heavy atom. The third-order valence-electron chi connectivity index (χ3n) is 5.18. The normalized spacial score (nSPS) is 12.2. The minimum atomic E-state index is -5.01. The minimum Gasteiger partial charge on any atom is -0.282 e. The van der Waals surface area contributed by atoms with Gasteiger partial charge in [-0.25, -0.2) is 13.4 Å². The van der Waals surface area contributed by atoms with Crippen LogP contribution in [0.2, 0.25) is 5.02 Å². The van der Waals surface area contributed by atoms with E-state index < -0.39 is 26.7 Å². The van der Waals surface area contributed by atoms with Crippen LogP contribution in [0, 0.1) is 13.8 Å². The minimum absolute atomic E-state index is 0.118. The summed E-state index contributed by atoms with van der Waals surface area (Å²) in [6.07, 6.45) is -5.01. The van der Waals surface area contributed by atoms with Crippen molar-refractivity contribution < 1.29 is 21.6 Å². The molecule has 0 spiro atoms. The van der Waals surface area contributed by atoms with E-state index in [2.05, 4.69) is 4.98 Å². The van der Waals surface area contributed by atoms with Gasteiger partial charge in [-0.15, -0.1) is 0 Å². The zero-order chi connectivity index (χ0) is 24.0. The lowest BCUT2D eigenvalue weighted by Gasteiger charge is -2.18. The molecule has 170 valence electrons. The monoisotopic (exact) mass is 490 g/mol. The average molecular weight is 491 g/mol. The second-order valence-corrected chi connectivity index (χ2v) is 9.79. The molecule has 4 rings (SSSR count). The van der Waals surface area contributed by atoms with Gasteiger partial charge in [0.1, 0.15) is 5.82 Å². The Balaban J connectivity index is 2.20. The molecule has 9 heteroatoms. The van der Waals surface area contributed by atoms with Crippen LogP contribution in [-0.4, -0.2) is 18.0 Å². The van der Waals surface area contributed by atoms with E-state index in [1.807, 2.05) is 0 Å². The standard InChI is InChI=1S/C24H18ClF3N2O2S/c1-15-7-6-8-16(2)20(15)30-22(17-9-4-3-5-10-17)29-21(24(26,27)28)23(30)33(31,32)19-13-11-18(25)12-14-19/h3-14H,1-2H3. The van der Waals surface area contributed by atoms with Crippen molar-refractivity contribution >= 4 is 21.4 Å². The van der Waals surface area contributed by atoms with E-state index in [1.54, 1.807) is 62.4 Å². The molecule has 0 radical (unpaired) electrons. The van der Waals surface area contributed by atoms with Gasteiger partial charge in [0, 0.05) is 10.6 Å². The maximum absolute atomic E-state index is 14.2. The zero-order valence-corrected chi connectivity index (χ0v) is 19.1. The highest BCUT2D eigenvalue weighted by Gasteiger charge is 2.44. The zero-order valence-electron chi connectivity index (χ0n) is 17.6. The Morgan fingerprint density at radius 1 is 0.848 bits per heavy atom. The number of aryl methyl sites for hydroxylation is 2. The van der Waals surface area contributed by atoms with E-state index in [-0.39, 0.29) is 15.7 Å². The predicted molar refractivity (Wildman–Crippen MR) is 120 cm³/mol. The number of imidazole rings is 1. The Morgan fingerprint density at radius 2 is 1.42 bits per heavy atom. The summed E-state index contributed by atoms with van der Waals surface area (Å²) in [6.45, 7) is 3.42. The van der Waals surface area contributed by atoms with E-state index in [9.17, 15) is 21.6 Å². The van der Waals surface area contributed by atoms with Crippen LogP contribution >= 0.6 is 11.6 Å². The van der Waals surface area contributed by atoms with Crippen molar-refractivity contribution in [1.29, 1.82) is 0 Å². The summed E-state index contributed by atoms with van der Waals surface area (Å²) in [5, 5.41) is -0.674. The van der Waals surface area contributed by atoms with E-state index in [0.29, 0.717) is 22.4 Å². The van der Waals surface area contributed by atoms with Gasteiger partial charge in [-0.3, -0.25) is 4.57 Å². The first-order valence-corrected chi connectivity index (χ1v) is 11.7. The molecule has 0 saturated heterocycles. The molecule has 0 unspecified atom stereocenters. The van der Waals surface area contributed by atoms with Crippen LogP contribution in [0.4, 0.5) is 13.2 Å². The first kappa shape index (κ1) is 23.1. The highest BCUT2D eigenvalue weighted by molar-refractivity contribution is 7.91. The van der Waals surface area contributed by atoms with Crippen molar-refractivity contribution in [3.8, 4) is 17.1 Å². The molecule has 0 atom stereocenters. The average Bonchev–Trinajstić information content (AvgIpc) is 3.16. The van der Waals surface area contributed by atoms with Gasteiger partial charge in [-0.2, -0.15) is 13.2 Å². The molecule has 0 N–H and O–H groups in total. The van der Waals surface area contributed by atoms with Gasteiger partial charge < -0.3 is 0 Å². The fraction of sp³-hybridized carbons (Fsp3) is 0.125. The van der Waals surface area contributed by atoms with Gasteiger partial charge in [0.15, 0.2) is 10.7 Å². The van der Waals surface area contributed by atoms with Crippen LogP contribution in [0.25, 0.3) is 17.1 Å². The van der Waals surface area contributed by atoms with Gasteiger partial charge in [-0.1, -0.05) is 60.1 Å². The Hall–Kier alpha value is -3.10. The first-order valence-electron chi connectivity index (χ1n) is 9.84. The van der Waals surface area contributed by atoms with Crippen LogP contribution < -0.4 is 0 Å². The number of para-hydroxylation sites is 1. The van der Waals surface area contributed by atoms with Crippen LogP contribution in [-0.2, 0) is 16.0 Å². The van der Waals surface area contributed by atoms with E-state index in [0.717, 1.165) is 4.57 Å². The van der Waals surface area contributed by atoms with Crippen molar-refractivity contribution in [3.63, 3.8) is 0 Å². The smallest absolute Gasteiger partial charge is 0.282 e. The van der Waals surface area contributed by atoms with Crippen LogP contribution in [0.5, 0.6) is 0 Å². The maximum Gasteiger partial charge on any atom is 0.436 e. The van der Waals surface area contributed by atoms with Crippen molar-refractivity contribution in [2.45, 2.75) is 29.9 Å². The molecular formula is C24H18ClF3N2O2S. The summed E-state index contributed by atoms with van der Waals surface area (Å²) in [5.41, 5.74) is 0.408. The molecule has 1 aromatic heterocycles. The van der Waals surface area contributed by atoms with Gasteiger partial charge in [0.05, 0.1) is 10.6 Å². The molecule has 1 heterocycles. The molecule has 0 aliphatic heterocycles. The first-order chi connectivity index (χ1) is 15.5. The van der Waals surface area contributed by atoms with Crippen molar-refractivity contribution in [2.75, 3.05) is 0 Å². The number of sulfone groups is 1. The topological polar surface area (TPSA) is 52.0 Å². The quantitative estimate of drug-likeness (QED) is 0.321. The summed E-state index contributed by atoms with van der Waals surface area (Å²) in [5.74, 6) is -0.118. The van der Waals surface area contributed by atoms with Crippen LogP contribution in [0.1, 0.15) is 16.8 Å². The summed E-state index contributed by atoms with van der Waals surface area (Å²) in [4.78, 5) is 3.54. The number of hydrogen-bond donors (Lipinski definition) is 0. The number of aromatic nitrogens is 2. The van der Waals surface area contributed by atoms with Crippen molar-refractivity contribution in [1.82, 2.24) is 9.55 Å². The van der Waals surface area contributed by atoms with Gasteiger partial charge in [-0.05, 0) is 49.2 Å². The summed E-state index contributed by atoms with van der Waals surface area (Å²) in [6, 6.07) is 18.4. The third kappa shape index (κ3) is 4.16. The number of alkyl halides is 3. The molecule has 0 saturated carbocycles. The fourth-order valence-electron chi connectivity index (χ4n) is 3.71. The number of rotatable bonds is 4. The molecular weight excluding hydrogens is 473 g/mol. The molecule has 0 aliphatic carbocycles. The molecule has 0 fully saturated rings. The maximum atomic E-state index is 14.2. The summed E-state index contributed by atoms with van der Waals surface area (Å²) < 4.78 is 71.1. The van der Waals surface area contributed by atoms with Crippen LogP contribution in [0.3, 0.4) is 0 Å². The number of halogens is 4. The lowest BCUT2D eigenvalue weighted by atomic mass is 10.1. The van der Waals surface area contributed by atoms with Crippen molar-refractivity contribution in [2.24, 2.45) is 0 Å². The Labute approximate surface area is 194 Å². The molecule has 4 aromatic rings. The second-order valence-electron chi connectivity index (χ2n) is 7.49. The van der Waals surface area contributed by atoms with Gasteiger partial charge >= 0.3 is 6.18 Å². The molecule has 4 nitrogen and oxygen atoms in total. The Bertz CT molecular complexity index is 1410. The highest BCUT2D eigenvalue weighted by Crippen LogP contribution is 2.41. The van der Waals surface area contributed by atoms with E-state index in [1.165, 1.54) is 24.3 Å². The van der Waals surface area contributed by atoms with Gasteiger partial charge in [0.25, 0.3) is 0 Å². The number of hydrogen-bond acceptors (Lipinski definition) is 3. The second kappa shape index (κ2) is 8.35. The summed E-state index contributed by atoms with van der Waals surface area (Å²) >= 11 is 5.87. The molecule has 3 aromatic carbocycles. The number of nitrogens with zero attached hydrogens (tertiary/aromatic N) is 2. The van der Waals surface area contributed by atoms with E-state index >= 15 is 0 Å². The highest BCUT2D eigenvalue weighted by atomic mass is 35.5. The van der Waals surface area contributed by atoms with Crippen molar-refractivity contribution in [3.05, 3.63) is 94.6 Å². The summed E-state index contributed by atoms with van der Waals surface area (Å²) in [7, 11) is -4.65. The third-order valence-corrected chi connectivity index (χ3v) is 7.21. The largest absolute Gasteiger partial charge is 0.436 e. The molecule has 0 bridgehead atoms.